The molecule has 1 N–H and O–H groups in total. The molecule has 0 bridgehead atoms. The second-order valence-corrected chi connectivity index (χ2v) is 5.59. The molecule has 0 amide bonds. The standard InChI is InChI=1S/C16H29N3/c1-6-17-16(13-19(5)12-11-18(3)4)15-9-7-14(2)8-10-15/h7-10,16-17H,6,11-13H2,1-5H3. The largest absolute Gasteiger partial charge is 0.309 e. The fourth-order valence-corrected chi connectivity index (χ4v) is 2.11. The van der Waals surface area contributed by atoms with Gasteiger partial charge < -0.3 is 15.1 Å². The van der Waals surface area contributed by atoms with Gasteiger partial charge in [0.2, 0.25) is 0 Å². The molecule has 0 fully saturated rings. The van der Waals surface area contributed by atoms with Crippen molar-refractivity contribution in [1.82, 2.24) is 15.1 Å². The molecule has 0 aliphatic carbocycles. The van der Waals surface area contributed by atoms with Crippen LogP contribution in [0.15, 0.2) is 24.3 Å². The van der Waals surface area contributed by atoms with Crippen LogP contribution >= 0.6 is 0 Å². The van der Waals surface area contributed by atoms with E-state index >= 15 is 0 Å². The number of nitrogens with zero attached hydrogens (tertiary/aromatic N) is 2. The Kier molecular flexibility index (Phi) is 7.06. The van der Waals surface area contributed by atoms with Crippen molar-refractivity contribution in [2.75, 3.05) is 47.3 Å². The number of aryl methyl sites for hydroxylation is 1. The van der Waals surface area contributed by atoms with E-state index in [0.29, 0.717) is 6.04 Å². The maximum absolute atomic E-state index is 3.58. The van der Waals surface area contributed by atoms with Crippen LogP contribution in [0, 0.1) is 6.92 Å². The van der Waals surface area contributed by atoms with Gasteiger partial charge in [-0.05, 0) is 40.2 Å². The summed E-state index contributed by atoms with van der Waals surface area (Å²) >= 11 is 0. The molecule has 1 atom stereocenters. The van der Waals surface area contributed by atoms with Gasteiger partial charge in [0.25, 0.3) is 0 Å². The fraction of sp³-hybridized carbons (Fsp3) is 0.625. The molecule has 19 heavy (non-hydrogen) atoms. The highest BCUT2D eigenvalue weighted by atomic mass is 15.2. The van der Waals surface area contributed by atoms with E-state index in [1.54, 1.807) is 0 Å². The van der Waals surface area contributed by atoms with Gasteiger partial charge in [-0.3, -0.25) is 0 Å². The average Bonchev–Trinajstić information content (AvgIpc) is 2.37. The molecular weight excluding hydrogens is 234 g/mol. The maximum Gasteiger partial charge on any atom is 0.0449 e. The Labute approximate surface area is 118 Å². The molecule has 0 radical (unpaired) electrons. The first-order valence-corrected chi connectivity index (χ1v) is 7.16. The van der Waals surface area contributed by atoms with Gasteiger partial charge in [0, 0.05) is 25.7 Å². The first kappa shape index (κ1) is 16.2. The van der Waals surface area contributed by atoms with Crippen LogP contribution in [0.3, 0.4) is 0 Å². The third-order valence-electron chi connectivity index (χ3n) is 3.35. The molecule has 0 aromatic heterocycles. The molecular formula is C16H29N3. The van der Waals surface area contributed by atoms with Crippen molar-refractivity contribution in [2.45, 2.75) is 19.9 Å². The van der Waals surface area contributed by atoms with Crippen molar-refractivity contribution >= 4 is 0 Å². The molecule has 0 aliphatic heterocycles. The van der Waals surface area contributed by atoms with Crippen LogP contribution < -0.4 is 5.32 Å². The fourth-order valence-electron chi connectivity index (χ4n) is 2.11. The maximum atomic E-state index is 3.58. The lowest BCUT2D eigenvalue weighted by Gasteiger charge is -2.26. The highest BCUT2D eigenvalue weighted by Gasteiger charge is 2.12. The molecule has 0 spiro atoms. The molecule has 0 saturated heterocycles. The first-order chi connectivity index (χ1) is 9.02. The van der Waals surface area contributed by atoms with Crippen LogP contribution in [0.4, 0.5) is 0 Å². The van der Waals surface area contributed by atoms with E-state index < -0.39 is 0 Å². The summed E-state index contributed by atoms with van der Waals surface area (Å²) in [5.41, 5.74) is 2.70. The SMILES string of the molecule is CCNC(CN(C)CCN(C)C)c1ccc(C)cc1. The Balaban J connectivity index is 2.59. The number of hydrogen-bond acceptors (Lipinski definition) is 3. The van der Waals surface area contributed by atoms with E-state index in [-0.39, 0.29) is 0 Å². The highest BCUT2D eigenvalue weighted by Crippen LogP contribution is 2.14. The average molecular weight is 263 g/mol. The monoisotopic (exact) mass is 263 g/mol. The predicted molar refractivity (Wildman–Crippen MR) is 83.6 cm³/mol. The molecule has 108 valence electrons. The number of likely N-dealkylation sites (N-methyl/N-ethyl adjacent to an activating group) is 3. The van der Waals surface area contributed by atoms with Crippen molar-refractivity contribution in [2.24, 2.45) is 0 Å². The zero-order valence-electron chi connectivity index (χ0n) is 13.1. The van der Waals surface area contributed by atoms with E-state index in [9.17, 15) is 0 Å². The van der Waals surface area contributed by atoms with E-state index in [4.69, 9.17) is 0 Å². The quantitative estimate of drug-likeness (QED) is 0.775. The van der Waals surface area contributed by atoms with E-state index in [1.807, 2.05) is 0 Å². The molecule has 1 aromatic rings. The van der Waals surface area contributed by atoms with Gasteiger partial charge >= 0.3 is 0 Å². The summed E-state index contributed by atoms with van der Waals surface area (Å²) in [6.07, 6.45) is 0. The third-order valence-corrected chi connectivity index (χ3v) is 3.35. The van der Waals surface area contributed by atoms with Crippen molar-refractivity contribution in [1.29, 1.82) is 0 Å². The van der Waals surface area contributed by atoms with E-state index in [2.05, 4.69) is 74.4 Å². The molecule has 3 nitrogen and oxygen atoms in total. The molecule has 1 aromatic carbocycles. The van der Waals surface area contributed by atoms with Crippen molar-refractivity contribution in [3.05, 3.63) is 35.4 Å². The number of rotatable bonds is 8. The van der Waals surface area contributed by atoms with Gasteiger partial charge in [0.15, 0.2) is 0 Å². The second kappa shape index (κ2) is 8.31. The number of hydrogen-bond donors (Lipinski definition) is 1. The Morgan fingerprint density at radius 1 is 1.05 bits per heavy atom. The summed E-state index contributed by atoms with van der Waals surface area (Å²) in [6.45, 7) is 8.55. The van der Waals surface area contributed by atoms with Gasteiger partial charge in [-0.15, -0.1) is 0 Å². The van der Waals surface area contributed by atoms with Crippen LogP contribution in [-0.4, -0.2) is 57.1 Å². The van der Waals surface area contributed by atoms with Gasteiger partial charge in [-0.25, -0.2) is 0 Å². The number of benzene rings is 1. The van der Waals surface area contributed by atoms with Gasteiger partial charge in [0.1, 0.15) is 0 Å². The Morgan fingerprint density at radius 3 is 2.21 bits per heavy atom. The molecule has 0 aliphatic rings. The minimum Gasteiger partial charge on any atom is -0.309 e. The molecule has 1 unspecified atom stereocenters. The van der Waals surface area contributed by atoms with Crippen molar-refractivity contribution < 1.29 is 0 Å². The summed E-state index contributed by atoms with van der Waals surface area (Å²) in [4.78, 5) is 4.62. The number of nitrogens with one attached hydrogen (secondary N) is 1. The Bertz CT molecular complexity index is 346. The van der Waals surface area contributed by atoms with Crippen LogP contribution in [-0.2, 0) is 0 Å². The normalized spacial score (nSPS) is 13.2. The van der Waals surface area contributed by atoms with E-state index in [0.717, 1.165) is 26.2 Å². The third kappa shape index (κ3) is 6.19. The highest BCUT2D eigenvalue weighted by molar-refractivity contribution is 5.24. The Morgan fingerprint density at radius 2 is 1.68 bits per heavy atom. The summed E-state index contributed by atoms with van der Waals surface area (Å²) in [5, 5.41) is 3.58. The lowest BCUT2D eigenvalue weighted by molar-refractivity contribution is 0.257. The van der Waals surface area contributed by atoms with Crippen LogP contribution in [0.1, 0.15) is 24.1 Å². The van der Waals surface area contributed by atoms with Gasteiger partial charge in [0.05, 0.1) is 0 Å². The minimum atomic E-state index is 0.415. The zero-order chi connectivity index (χ0) is 14.3. The summed E-state index contributed by atoms with van der Waals surface area (Å²) in [5.74, 6) is 0. The minimum absolute atomic E-state index is 0.415. The van der Waals surface area contributed by atoms with Crippen molar-refractivity contribution in [3.63, 3.8) is 0 Å². The second-order valence-electron chi connectivity index (χ2n) is 5.59. The molecule has 0 heterocycles. The zero-order valence-corrected chi connectivity index (χ0v) is 13.1. The Hall–Kier alpha value is -0.900. The van der Waals surface area contributed by atoms with Gasteiger partial charge in [-0.1, -0.05) is 36.8 Å². The van der Waals surface area contributed by atoms with Crippen LogP contribution in [0.25, 0.3) is 0 Å². The lowest BCUT2D eigenvalue weighted by atomic mass is 10.0. The summed E-state index contributed by atoms with van der Waals surface area (Å²) in [6, 6.07) is 9.28. The summed E-state index contributed by atoms with van der Waals surface area (Å²) in [7, 11) is 6.44. The topological polar surface area (TPSA) is 18.5 Å². The van der Waals surface area contributed by atoms with Crippen LogP contribution in [0.2, 0.25) is 0 Å². The lowest BCUT2D eigenvalue weighted by Crippen LogP contribution is -2.36. The van der Waals surface area contributed by atoms with Crippen LogP contribution in [0.5, 0.6) is 0 Å². The first-order valence-electron chi connectivity index (χ1n) is 7.16. The molecule has 0 saturated carbocycles. The molecule has 3 heteroatoms. The van der Waals surface area contributed by atoms with Gasteiger partial charge in [-0.2, -0.15) is 0 Å². The summed E-state index contributed by atoms with van der Waals surface area (Å²) < 4.78 is 0. The van der Waals surface area contributed by atoms with E-state index in [1.165, 1.54) is 11.1 Å². The predicted octanol–water partition coefficient (Wildman–Crippen LogP) is 2.14. The molecule has 1 rings (SSSR count). The smallest absolute Gasteiger partial charge is 0.0449 e. The van der Waals surface area contributed by atoms with Crippen molar-refractivity contribution in [3.8, 4) is 0 Å².